The Morgan fingerprint density at radius 1 is 1.07 bits per heavy atom. The highest BCUT2D eigenvalue weighted by molar-refractivity contribution is 5.96. The summed E-state index contributed by atoms with van der Waals surface area (Å²) in [6.45, 7) is 8.90. The van der Waals surface area contributed by atoms with Gasteiger partial charge in [-0.1, -0.05) is 18.2 Å². The number of ether oxygens (including phenoxy) is 1. The highest BCUT2D eigenvalue weighted by Crippen LogP contribution is 2.26. The Bertz CT molecular complexity index is 875. The Morgan fingerprint density at radius 2 is 1.79 bits per heavy atom. The van der Waals surface area contributed by atoms with E-state index in [-0.39, 0.29) is 18.2 Å². The summed E-state index contributed by atoms with van der Waals surface area (Å²) in [4.78, 5) is 28.7. The van der Waals surface area contributed by atoms with Crippen molar-refractivity contribution in [3.63, 3.8) is 0 Å². The molecular weight excluding hydrogens is 366 g/mol. The average molecular weight is 396 g/mol. The summed E-state index contributed by atoms with van der Waals surface area (Å²) in [5.74, 6) is -0.185. The highest BCUT2D eigenvalue weighted by atomic mass is 16.5. The summed E-state index contributed by atoms with van der Waals surface area (Å²) in [6, 6.07) is 13.7. The van der Waals surface area contributed by atoms with Gasteiger partial charge in [-0.2, -0.15) is 0 Å². The van der Waals surface area contributed by atoms with Crippen molar-refractivity contribution in [2.24, 2.45) is 0 Å². The maximum atomic E-state index is 12.6. The van der Waals surface area contributed by atoms with Gasteiger partial charge >= 0.3 is 0 Å². The maximum Gasteiger partial charge on any atom is 0.226 e. The molecule has 0 unspecified atom stereocenters. The number of carbonyl (C=O) groups excluding carboxylic acids is 2. The molecule has 0 atom stereocenters. The van der Waals surface area contributed by atoms with Crippen molar-refractivity contribution < 1.29 is 14.3 Å². The molecule has 6 nitrogen and oxygen atoms in total. The van der Waals surface area contributed by atoms with E-state index in [0.717, 1.165) is 35.7 Å². The van der Waals surface area contributed by atoms with E-state index in [1.807, 2.05) is 56.3 Å². The van der Waals surface area contributed by atoms with Crippen LogP contribution in [0.4, 0.5) is 17.1 Å². The van der Waals surface area contributed by atoms with Crippen LogP contribution in [0.3, 0.4) is 0 Å². The number of hydrogen-bond acceptors (Lipinski definition) is 4. The fourth-order valence-corrected chi connectivity index (χ4v) is 3.45. The number of morpholine rings is 1. The smallest absolute Gasteiger partial charge is 0.226 e. The van der Waals surface area contributed by atoms with Crippen molar-refractivity contribution in [3.8, 4) is 0 Å². The molecule has 2 amide bonds. The lowest BCUT2D eigenvalue weighted by molar-refractivity contribution is -0.117. The van der Waals surface area contributed by atoms with Crippen LogP contribution in [0.5, 0.6) is 0 Å². The number of nitrogens with one attached hydrogen (secondary N) is 1. The number of hydrogen-bond donors (Lipinski definition) is 1. The predicted octanol–water partition coefficient (Wildman–Crippen LogP) is 3.52. The molecule has 0 spiro atoms. The fraction of sp³-hybridized carbons (Fsp3) is 0.391. The zero-order valence-corrected chi connectivity index (χ0v) is 17.4. The van der Waals surface area contributed by atoms with E-state index >= 15 is 0 Å². The molecular formula is C23H29N3O3. The second kappa shape index (κ2) is 9.56. The summed E-state index contributed by atoms with van der Waals surface area (Å²) >= 11 is 0. The van der Waals surface area contributed by atoms with E-state index in [2.05, 4.69) is 10.2 Å². The first-order valence-corrected chi connectivity index (χ1v) is 10.0. The zero-order chi connectivity index (χ0) is 20.8. The molecule has 1 fully saturated rings. The summed E-state index contributed by atoms with van der Waals surface area (Å²) < 4.78 is 5.42. The van der Waals surface area contributed by atoms with Crippen LogP contribution < -0.4 is 15.1 Å². The normalized spacial score (nSPS) is 13.8. The van der Waals surface area contributed by atoms with Crippen LogP contribution in [0, 0.1) is 13.8 Å². The number of amides is 2. The fourth-order valence-electron chi connectivity index (χ4n) is 3.45. The van der Waals surface area contributed by atoms with Gasteiger partial charge < -0.3 is 19.9 Å². The molecule has 1 aliphatic rings. The van der Waals surface area contributed by atoms with E-state index in [4.69, 9.17) is 4.74 Å². The minimum atomic E-state index is -0.110. The molecule has 0 bridgehead atoms. The Hall–Kier alpha value is -2.86. The van der Waals surface area contributed by atoms with Crippen molar-refractivity contribution in [2.75, 3.05) is 48.0 Å². The standard InChI is InChI=1S/C23H29N3O3/c1-17-8-9-20(16-18(17)2)26(19(3)27)11-10-23(28)24-21-6-4-5-7-22(21)25-12-14-29-15-13-25/h4-9,16H,10-15H2,1-3H3,(H,24,28). The van der Waals surface area contributed by atoms with Gasteiger partial charge in [0.1, 0.15) is 0 Å². The molecule has 2 aromatic rings. The molecule has 1 N–H and O–H groups in total. The zero-order valence-electron chi connectivity index (χ0n) is 17.4. The summed E-state index contributed by atoms with van der Waals surface area (Å²) in [7, 11) is 0. The number of carbonyl (C=O) groups is 2. The number of rotatable bonds is 6. The van der Waals surface area contributed by atoms with E-state index in [1.54, 1.807) is 4.90 Å². The van der Waals surface area contributed by atoms with Crippen LogP contribution in [-0.4, -0.2) is 44.7 Å². The van der Waals surface area contributed by atoms with Gasteiger partial charge in [-0.25, -0.2) is 0 Å². The summed E-state index contributed by atoms with van der Waals surface area (Å²) in [5.41, 5.74) is 4.91. The first-order valence-electron chi connectivity index (χ1n) is 10.0. The van der Waals surface area contributed by atoms with Crippen LogP contribution >= 0.6 is 0 Å². The molecule has 6 heteroatoms. The molecule has 1 saturated heterocycles. The van der Waals surface area contributed by atoms with Gasteiger partial charge in [-0.3, -0.25) is 9.59 Å². The number of anilines is 3. The lowest BCUT2D eigenvalue weighted by Crippen LogP contribution is -2.37. The SMILES string of the molecule is CC(=O)N(CCC(=O)Nc1ccccc1N1CCOCC1)c1ccc(C)c(C)c1. The van der Waals surface area contributed by atoms with E-state index < -0.39 is 0 Å². The first kappa shape index (κ1) is 20.9. The van der Waals surface area contributed by atoms with Crippen LogP contribution in [-0.2, 0) is 14.3 Å². The maximum absolute atomic E-state index is 12.6. The van der Waals surface area contributed by atoms with Crippen molar-refractivity contribution in [1.82, 2.24) is 0 Å². The molecule has 0 aromatic heterocycles. The lowest BCUT2D eigenvalue weighted by Gasteiger charge is -2.30. The van der Waals surface area contributed by atoms with Gasteiger partial charge in [0.15, 0.2) is 0 Å². The van der Waals surface area contributed by atoms with E-state index in [1.165, 1.54) is 12.5 Å². The minimum Gasteiger partial charge on any atom is -0.378 e. The van der Waals surface area contributed by atoms with Gasteiger partial charge in [0, 0.05) is 38.7 Å². The monoisotopic (exact) mass is 395 g/mol. The predicted molar refractivity (Wildman–Crippen MR) is 117 cm³/mol. The third-order valence-corrected chi connectivity index (χ3v) is 5.27. The van der Waals surface area contributed by atoms with Crippen LogP contribution in [0.25, 0.3) is 0 Å². The van der Waals surface area contributed by atoms with Gasteiger partial charge in [0.2, 0.25) is 11.8 Å². The Balaban J connectivity index is 1.66. The van der Waals surface area contributed by atoms with Crippen LogP contribution in [0.15, 0.2) is 42.5 Å². The van der Waals surface area contributed by atoms with Crippen molar-refractivity contribution in [2.45, 2.75) is 27.2 Å². The van der Waals surface area contributed by atoms with Crippen LogP contribution in [0.2, 0.25) is 0 Å². The molecule has 0 saturated carbocycles. The van der Waals surface area contributed by atoms with Crippen molar-refractivity contribution >= 4 is 28.9 Å². The number of benzene rings is 2. The third kappa shape index (κ3) is 5.35. The summed E-state index contributed by atoms with van der Waals surface area (Å²) in [6.07, 6.45) is 0.226. The number of para-hydroxylation sites is 2. The second-order valence-electron chi connectivity index (χ2n) is 7.35. The van der Waals surface area contributed by atoms with E-state index in [0.29, 0.717) is 19.8 Å². The average Bonchev–Trinajstić information content (AvgIpc) is 2.71. The first-order chi connectivity index (χ1) is 14.0. The molecule has 3 rings (SSSR count). The van der Waals surface area contributed by atoms with Gasteiger partial charge in [0.25, 0.3) is 0 Å². The summed E-state index contributed by atoms with van der Waals surface area (Å²) in [5, 5.41) is 3.01. The molecule has 154 valence electrons. The quantitative estimate of drug-likeness (QED) is 0.813. The molecule has 29 heavy (non-hydrogen) atoms. The molecule has 2 aromatic carbocycles. The molecule has 1 aliphatic heterocycles. The van der Waals surface area contributed by atoms with Crippen molar-refractivity contribution in [3.05, 3.63) is 53.6 Å². The lowest BCUT2D eigenvalue weighted by atomic mass is 10.1. The number of aryl methyl sites for hydroxylation is 2. The Kier molecular flexibility index (Phi) is 6.88. The number of nitrogens with zero attached hydrogens (tertiary/aromatic N) is 2. The Morgan fingerprint density at radius 3 is 2.48 bits per heavy atom. The topological polar surface area (TPSA) is 61.9 Å². The van der Waals surface area contributed by atoms with Gasteiger partial charge in [0.05, 0.1) is 24.6 Å². The molecule has 0 radical (unpaired) electrons. The van der Waals surface area contributed by atoms with Gasteiger partial charge in [-0.15, -0.1) is 0 Å². The largest absolute Gasteiger partial charge is 0.378 e. The van der Waals surface area contributed by atoms with Gasteiger partial charge in [-0.05, 0) is 49.2 Å². The molecule has 1 heterocycles. The highest BCUT2D eigenvalue weighted by Gasteiger charge is 2.17. The minimum absolute atomic E-state index is 0.0743. The second-order valence-corrected chi connectivity index (χ2v) is 7.35. The molecule has 0 aliphatic carbocycles. The van der Waals surface area contributed by atoms with Crippen LogP contribution in [0.1, 0.15) is 24.5 Å². The van der Waals surface area contributed by atoms with E-state index in [9.17, 15) is 9.59 Å². The third-order valence-electron chi connectivity index (χ3n) is 5.27. The Labute approximate surface area is 172 Å². The van der Waals surface area contributed by atoms with Crippen molar-refractivity contribution in [1.29, 1.82) is 0 Å².